The highest BCUT2D eigenvalue weighted by molar-refractivity contribution is 6.17. The van der Waals surface area contributed by atoms with Crippen molar-refractivity contribution < 1.29 is 0 Å². The molecule has 66 valence electrons. The van der Waals surface area contributed by atoms with Gasteiger partial charge in [-0.05, 0) is 17.7 Å². The topological polar surface area (TPSA) is 45.8 Å². The van der Waals surface area contributed by atoms with Crippen LogP contribution >= 0.6 is 11.6 Å². The molecule has 2 rings (SSSR count). The molecule has 0 saturated heterocycles. The molecule has 1 heterocycles. The van der Waals surface area contributed by atoms with Gasteiger partial charge in [0.15, 0.2) is 0 Å². The Morgan fingerprint density at radius 3 is 3.08 bits per heavy atom. The van der Waals surface area contributed by atoms with E-state index < -0.39 is 0 Å². The van der Waals surface area contributed by atoms with Gasteiger partial charge in [0, 0.05) is 5.88 Å². The van der Waals surface area contributed by atoms with E-state index >= 15 is 0 Å². The minimum atomic E-state index is -0.189. The van der Waals surface area contributed by atoms with Crippen LogP contribution in [0.2, 0.25) is 0 Å². The molecule has 0 aliphatic heterocycles. The number of aromatic amines is 1. The van der Waals surface area contributed by atoms with Crippen LogP contribution < -0.4 is 5.56 Å². The number of alkyl halides is 1. The zero-order chi connectivity index (χ0) is 9.26. The molecule has 0 aliphatic rings. The molecule has 1 N–H and O–H groups in total. The van der Waals surface area contributed by atoms with Crippen molar-refractivity contribution in [1.82, 2.24) is 9.97 Å². The molecular formula is C9H7ClN2O. The summed E-state index contributed by atoms with van der Waals surface area (Å²) < 4.78 is 0. The Morgan fingerprint density at radius 1 is 1.46 bits per heavy atom. The van der Waals surface area contributed by atoms with Crippen molar-refractivity contribution in [3.63, 3.8) is 0 Å². The highest BCUT2D eigenvalue weighted by atomic mass is 35.5. The van der Waals surface area contributed by atoms with Crippen LogP contribution in [-0.2, 0) is 5.88 Å². The maximum absolute atomic E-state index is 10.9. The van der Waals surface area contributed by atoms with Crippen LogP contribution in [0.25, 0.3) is 11.0 Å². The molecule has 0 bridgehead atoms. The van der Waals surface area contributed by atoms with Crippen LogP contribution in [-0.4, -0.2) is 9.97 Å². The molecule has 1 aromatic carbocycles. The minimum Gasteiger partial charge on any atom is -0.319 e. The molecular weight excluding hydrogens is 188 g/mol. The maximum Gasteiger partial charge on any atom is 0.266 e. The summed E-state index contributed by atoms with van der Waals surface area (Å²) in [5.41, 5.74) is 2.30. The van der Waals surface area contributed by atoms with E-state index in [0.29, 0.717) is 5.88 Å². The number of nitrogens with zero attached hydrogens (tertiary/aromatic N) is 1. The zero-order valence-electron chi connectivity index (χ0n) is 6.75. The molecule has 0 saturated carbocycles. The van der Waals surface area contributed by atoms with Gasteiger partial charge in [-0.2, -0.15) is 0 Å². The Bertz CT molecular complexity index is 492. The van der Waals surface area contributed by atoms with Crippen LogP contribution in [0.1, 0.15) is 5.56 Å². The fourth-order valence-electron chi connectivity index (χ4n) is 1.17. The van der Waals surface area contributed by atoms with E-state index in [1.54, 1.807) is 6.07 Å². The highest BCUT2D eigenvalue weighted by Gasteiger charge is 1.96. The third-order valence-electron chi connectivity index (χ3n) is 1.80. The largest absolute Gasteiger partial charge is 0.319 e. The number of halogens is 1. The second-order valence-electron chi connectivity index (χ2n) is 2.73. The van der Waals surface area contributed by atoms with Gasteiger partial charge in [0.2, 0.25) is 0 Å². The van der Waals surface area contributed by atoms with Crippen LogP contribution in [0.3, 0.4) is 0 Å². The summed E-state index contributed by atoms with van der Waals surface area (Å²) in [5.74, 6) is 0.455. The Balaban J connectivity index is 2.73. The molecule has 0 aliphatic carbocycles. The van der Waals surface area contributed by atoms with E-state index in [2.05, 4.69) is 9.97 Å². The molecule has 13 heavy (non-hydrogen) atoms. The number of rotatable bonds is 1. The third kappa shape index (κ3) is 1.55. The summed E-state index contributed by atoms with van der Waals surface area (Å²) in [7, 11) is 0. The minimum absolute atomic E-state index is 0.189. The van der Waals surface area contributed by atoms with Gasteiger partial charge in [0.1, 0.15) is 0 Å². The summed E-state index contributed by atoms with van der Waals surface area (Å²) in [6.07, 6.45) is 1.26. The molecule has 1 aromatic heterocycles. The summed E-state index contributed by atoms with van der Waals surface area (Å²) in [4.78, 5) is 17.6. The normalized spacial score (nSPS) is 10.5. The smallest absolute Gasteiger partial charge is 0.266 e. The van der Waals surface area contributed by atoms with Gasteiger partial charge in [0.25, 0.3) is 5.56 Å². The number of aromatic nitrogens is 2. The SMILES string of the molecule is O=c1cnc2cc(CCl)ccc2[nH]1. The average molecular weight is 195 g/mol. The Kier molecular flexibility index (Phi) is 2.02. The molecule has 0 amide bonds. The van der Waals surface area contributed by atoms with Gasteiger partial charge in [0.05, 0.1) is 17.2 Å². The van der Waals surface area contributed by atoms with Gasteiger partial charge in [-0.25, -0.2) is 4.98 Å². The average Bonchev–Trinajstić information content (AvgIpc) is 2.17. The molecule has 0 fully saturated rings. The van der Waals surface area contributed by atoms with Crippen LogP contribution in [0, 0.1) is 0 Å². The van der Waals surface area contributed by atoms with E-state index in [9.17, 15) is 4.79 Å². The van der Waals surface area contributed by atoms with Crippen LogP contribution in [0.5, 0.6) is 0 Å². The van der Waals surface area contributed by atoms with Gasteiger partial charge in [-0.3, -0.25) is 4.79 Å². The lowest BCUT2D eigenvalue weighted by Gasteiger charge is -1.98. The summed E-state index contributed by atoms with van der Waals surface area (Å²) in [6, 6.07) is 5.53. The number of H-pyrrole nitrogens is 1. The van der Waals surface area contributed by atoms with Gasteiger partial charge < -0.3 is 4.98 Å². The van der Waals surface area contributed by atoms with Crippen LogP contribution in [0.15, 0.2) is 29.2 Å². The number of hydrogen-bond acceptors (Lipinski definition) is 2. The van der Waals surface area contributed by atoms with Gasteiger partial charge >= 0.3 is 0 Å². The first-order chi connectivity index (χ1) is 6.29. The predicted molar refractivity (Wildman–Crippen MR) is 51.9 cm³/mol. The molecule has 4 heteroatoms. The van der Waals surface area contributed by atoms with E-state index in [1.165, 1.54) is 6.20 Å². The van der Waals surface area contributed by atoms with Crippen molar-refractivity contribution >= 4 is 22.6 Å². The van der Waals surface area contributed by atoms with Crippen molar-refractivity contribution in [1.29, 1.82) is 0 Å². The molecule has 3 nitrogen and oxygen atoms in total. The van der Waals surface area contributed by atoms with E-state index in [-0.39, 0.29) is 5.56 Å². The molecule has 0 unspecified atom stereocenters. The Labute approximate surface area is 79.4 Å². The van der Waals surface area contributed by atoms with Crippen molar-refractivity contribution in [3.05, 3.63) is 40.3 Å². The summed E-state index contributed by atoms with van der Waals surface area (Å²) >= 11 is 5.66. The highest BCUT2D eigenvalue weighted by Crippen LogP contribution is 2.11. The number of nitrogens with one attached hydrogen (secondary N) is 1. The van der Waals surface area contributed by atoms with Crippen molar-refractivity contribution in [2.75, 3.05) is 0 Å². The quantitative estimate of drug-likeness (QED) is 0.702. The monoisotopic (exact) mass is 194 g/mol. The van der Waals surface area contributed by atoms with Gasteiger partial charge in [-0.1, -0.05) is 6.07 Å². The Morgan fingerprint density at radius 2 is 2.31 bits per heavy atom. The van der Waals surface area contributed by atoms with Gasteiger partial charge in [-0.15, -0.1) is 11.6 Å². The lowest BCUT2D eigenvalue weighted by atomic mass is 10.2. The predicted octanol–water partition coefficient (Wildman–Crippen LogP) is 1.66. The molecule has 2 aromatic rings. The lowest BCUT2D eigenvalue weighted by Crippen LogP contribution is -2.04. The second kappa shape index (κ2) is 3.18. The first-order valence-corrected chi connectivity index (χ1v) is 4.37. The molecule has 0 atom stereocenters. The summed E-state index contributed by atoms with van der Waals surface area (Å²) in [6.45, 7) is 0. The zero-order valence-corrected chi connectivity index (χ0v) is 7.51. The Hall–Kier alpha value is -1.35. The number of hydrogen-bond donors (Lipinski definition) is 1. The first kappa shape index (κ1) is 8.26. The lowest BCUT2D eigenvalue weighted by molar-refractivity contribution is 1.21. The number of fused-ring (bicyclic) bond motifs is 1. The second-order valence-corrected chi connectivity index (χ2v) is 3.00. The van der Waals surface area contributed by atoms with E-state index in [1.807, 2.05) is 12.1 Å². The van der Waals surface area contributed by atoms with Crippen LogP contribution in [0.4, 0.5) is 0 Å². The molecule has 0 spiro atoms. The fourth-order valence-corrected chi connectivity index (χ4v) is 1.33. The first-order valence-electron chi connectivity index (χ1n) is 3.83. The fraction of sp³-hybridized carbons (Fsp3) is 0.111. The van der Waals surface area contributed by atoms with Crippen molar-refractivity contribution in [2.45, 2.75) is 5.88 Å². The van der Waals surface area contributed by atoms with E-state index in [0.717, 1.165) is 16.6 Å². The third-order valence-corrected chi connectivity index (χ3v) is 2.10. The van der Waals surface area contributed by atoms with E-state index in [4.69, 9.17) is 11.6 Å². The maximum atomic E-state index is 10.9. The van der Waals surface area contributed by atoms with Crippen molar-refractivity contribution in [2.24, 2.45) is 0 Å². The van der Waals surface area contributed by atoms with Crippen molar-refractivity contribution in [3.8, 4) is 0 Å². The molecule has 0 radical (unpaired) electrons. The standard InChI is InChI=1S/C9H7ClN2O/c10-4-6-1-2-7-8(3-6)11-5-9(13)12-7/h1-3,5H,4H2,(H,12,13). The number of benzene rings is 1. The summed E-state index contributed by atoms with van der Waals surface area (Å²) in [5, 5.41) is 0.